The predicted molar refractivity (Wildman–Crippen MR) is 65.4 cm³/mol. The Morgan fingerprint density at radius 1 is 1.38 bits per heavy atom. The molecule has 0 radical (unpaired) electrons. The molecule has 0 aliphatic heterocycles. The molecular weight excluding hydrogens is 224 g/mol. The van der Waals surface area contributed by atoms with E-state index < -0.39 is 0 Å². The van der Waals surface area contributed by atoms with Crippen LogP contribution < -0.4 is 5.73 Å². The number of primary amides is 1. The van der Waals surface area contributed by atoms with Crippen LogP contribution in [0.25, 0.3) is 10.9 Å². The van der Waals surface area contributed by atoms with Crippen LogP contribution in [0.4, 0.5) is 0 Å². The molecule has 0 bridgehead atoms. The third-order valence-corrected chi connectivity index (χ3v) is 2.79. The summed E-state index contributed by atoms with van der Waals surface area (Å²) < 4.78 is 2.11. The molecule has 0 saturated carbocycles. The molecule has 0 saturated heterocycles. The molecule has 0 fully saturated rings. The number of hydrogen-bond acceptors (Lipinski definition) is 1. The first-order valence-corrected chi connectivity index (χ1v) is 5.57. The van der Waals surface area contributed by atoms with Gasteiger partial charge in [-0.25, -0.2) is 0 Å². The first-order chi connectivity index (χ1) is 7.66. The molecule has 1 aromatic carbocycles. The van der Waals surface area contributed by atoms with Crippen molar-refractivity contribution in [3.05, 3.63) is 35.5 Å². The van der Waals surface area contributed by atoms with Crippen LogP contribution in [-0.4, -0.2) is 10.5 Å². The molecule has 1 amide bonds. The summed E-state index contributed by atoms with van der Waals surface area (Å²) in [7, 11) is 0. The first kappa shape index (κ1) is 11.0. The number of benzene rings is 1. The molecule has 3 nitrogen and oxygen atoms in total. The summed E-state index contributed by atoms with van der Waals surface area (Å²) in [6.45, 7) is 0.800. The summed E-state index contributed by atoms with van der Waals surface area (Å²) in [6.07, 6.45) is 3.19. The van der Waals surface area contributed by atoms with Gasteiger partial charge in [-0.05, 0) is 30.7 Å². The fourth-order valence-electron chi connectivity index (χ4n) is 1.79. The lowest BCUT2D eigenvalue weighted by molar-refractivity contribution is -0.118. The van der Waals surface area contributed by atoms with Gasteiger partial charge in [0.05, 0.1) is 0 Å². The molecule has 2 rings (SSSR count). The second kappa shape index (κ2) is 4.58. The maximum Gasteiger partial charge on any atom is 0.217 e. The fourth-order valence-corrected chi connectivity index (χ4v) is 1.97. The molecule has 0 atom stereocenters. The van der Waals surface area contributed by atoms with Crippen LogP contribution in [0.2, 0.25) is 5.02 Å². The Kier molecular flexibility index (Phi) is 3.15. The maximum atomic E-state index is 10.6. The number of amides is 1. The van der Waals surface area contributed by atoms with Crippen LogP contribution in [0.1, 0.15) is 12.8 Å². The van der Waals surface area contributed by atoms with Crippen LogP contribution in [0, 0.1) is 0 Å². The van der Waals surface area contributed by atoms with Crippen molar-refractivity contribution < 1.29 is 4.79 Å². The lowest BCUT2D eigenvalue weighted by atomic mass is 10.2. The highest BCUT2D eigenvalue weighted by atomic mass is 35.5. The lowest BCUT2D eigenvalue weighted by Crippen LogP contribution is -2.11. The standard InChI is InChI=1S/C12H13ClN2O/c13-10-3-4-11-9(8-10)5-7-15(11)6-1-2-12(14)16/h3-5,7-8H,1-2,6H2,(H2,14,16). The summed E-state index contributed by atoms with van der Waals surface area (Å²) in [4.78, 5) is 10.6. The topological polar surface area (TPSA) is 48.0 Å². The summed E-state index contributed by atoms with van der Waals surface area (Å²) in [5.74, 6) is -0.250. The highest BCUT2D eigenvalue weighted by molar-refractivity contribution is 6.31. The van der Waals surface area contributed by atoms with Gasteiger partial charge >= 0.3 is 0 Å². The fraction of sp³-hybridized carbons (Fsp3) is 0.250. The van der Waals surface area contributed by atoms with Gasteiger partial charge in [0.25, 0.3) is 0 Å². The molecule has 84 valence electrons. The van der Waals surface area contributed by atoms with E-state index in [1.54, 1.807) is 0 Å². The van der Waals surface area contributed by atoms with E-state index in [0.717, 1.165) is 28.9 Å². The molecule has 0 unspecified atom stereocenters. The number of rotatable bonds is 4. The van der Waals surface area contributed by atoms with E-state index in [4.69, 9.17) is 17.3 Å². The zero-order chi connectivity index (χ0) is 11.5. The molecule has 1 aromatic heterocycles. The lowest BCUT2D eigenvalue weighted by Gasteiger charge is -2.04. The number of carbonyl (C=O) groups is 1. The largest absolute Gasteiger partial charge is 0.370 e. The number of carbonyl (C=O) groups excluding carboxylic acids is 1. The SMILES string of the molecule is NC(=O)CCCn1ccc2cc(Cl)ccc21. The smallest absolute Gasteiger partial charge is 0.217 e. The van der Waals surface area contributed by atoms with Crippen LogP contribution in [-0.2, 0) is 11.3 Å². The summed E-state index contributed by atoms with van der Waals surface area (Å²) >= 11 is 5.90. The van der Waals surface area contributed by atoms with Crippen molar-refractivity contribution in [1.82, 2.24) is 4.57 Å². The van der Waals surface area contributed by atoms with Crippen LogP contribution in [0.3, 0.4) is 0 Å². The van der Waals surface area contributed by atoms with Crippen molar-refractivity contribution in [3.8, 4) is 0 Å². The van der Waals surface area contributed by atoms with E-state index in [1.807, 2.05) is 30.5 Å². The van der Waals surface area contributed by atoms with E-state index in [1.165, 1.54) is 0 Å². The number of hydrogen-bond donors (Lipinski definition) is 1. The Morgan fingerprint density at radius 2 is 2.19 bits per heavy atom. The van der Waals surface area contributed by atoms with Crippen molar-refractivity contribution in [2.45, 2.75) is 19.4 Å². The van der Waals surface area contributed by atoms with Crippen LogP contribution >= 0.6 is 11.6 Å². The maximum absolute atomic E-state index is 10.6. The summed E-state index contributed by atoms with van der Waals surface area (Å²) in [5, 5.41) is 1.86. The third-order valence-electron chi connectivity index (χ3n) is 2.56. The zero-order valence-corrected chi connectivity index (χ0v) is 9.57. The van der Waals surface area contributed by atoms with Gasteiger partial charge in [-0.15, -0.1) is 0 Å². The van der Waals surface area contributed by atoms with Gasteiger partial charge in [-0.3, -0.25) is 4.79 Å². The van der Waals surface area contributed by atoms with E-state index in [2.05, 4.69) is 4.57 Å². The Bertz CT molecular complexity index is 519. The minimum Gasteiger partial charge on any atom is -0.370 e. The zero-order valence-electron chi connectivity index (χ0n) is 8.82. The van der Waals surface area contributed by atoms with E-state index >= 15 is 0 Å². The monoisotopic (exact) mass is 236 g/mol. The van der Waals surface area contributed by atoms with Gasteiger partial charge in [0.1, 0.15) is 0 Å². The van der Waals surface area contributed by atoms with Gasteiger partial charge in [-0.1, -0.05) is 11.6 Å². The number of aryl methyl sites for hydroxylation is 1. The number of nitrogens with zero attached hydrogens (tertiary/aromatic N) is 1. The van der Waals surface area contributed by atoms with E-state index in [0.29, 0.717) is 6.42 Å². The highest BCUT2D eigenvalue weighted by Crippen LogP contribution is 2.20. The van der Waals surface area contributed by atoms with E-state index in [9.17, 15) is 4.79 Å². The first-order valence-electron chi connectivity index (χ1n) is 5.19. The normalized spacial score (nSPS) is 10.8. The van der Waals surface area contributed by atoms with Crippen LogP contribution in [0.15, 0.2) is 30.5 Å². The average molecular weight is 237 g/mol. The Hall–Kier alpha value is -1.48. The number of halogens is 1. The number of nitrogens with two attached hydrogens (primary N) is 1. The quantitative estimate of drug-likeness (QED) is 0.872. The molecular formula is C12H13ClN2O. The van der Waals surface area contributed by atoms with Crippen molar-refractivity contribution in [1.29, 1.82) is 0 Å². The highest BCUT2D eigenvalue weighted by Gasteiger charge is 2.02. The predicted octanol–water partition coefficient (Wildman–Crippen LogP) is 2.56. The van der Waals surface area contributed by atoms with Gasteiger partial charge in [-0.2, -0.15) is 0 Å². The van der Waals surface area contributed by atoms with Gasteiger partial charge in [0, 0.05) is 35.1 Å². The summed E-state index contributed by atoms with van der Waals surface area (Å²) in [5.41, 5.74) is 6.23. The molecule has 2 aromatic rings. The minimum atomic E-state index is -0.250. The molecule has 4 heteroatoms. The third kappa shape index (κ3) is 2.36. The van der Waals surface area contributed by atoms with Gasteiger partial charge < -0.3 is 10.3 Å². The Balaban J connectivity index is 2.15. The molecule has 0 aliphatic carbocycles. The second-order valence-electron chi connectivity index (χ2n) is 3.78. The van der Waals surface area contributed by atoms with Crippen molar-refractivity contribution in [2.75, 3.05) is 0 Å². The number of aromatic nitrogens is 1. The average Bonchev–Trinajstić information content (AvgIpc) is 2.60. The van der Waals surface area contributed by atoms with Gasteiger partial charge in [0.15, 0.2) is 0 Å². The second-order valence-corrected chi connectivity index (χ2v) is 4.22. The van der Waals surface area contributed by atoms with Crippen LogP contribution in [0.5, 0.6) is 0 Å². The number of fused-ring (bicyclic) bond motifs is 1. The molecule has 0 aliphatic rings. The Morgan fingerprint density at radius 3 is 2.94 bits per heavy atom. The molecule has 2 N–H and O–H groups in total. The molecule has 1 heterocycles. The Labute approximate surface area is 98.8 Å². The van der Waals surface area contributed by atoms with Crippen molar-refractivity contribution in [2.24, 2.45) is 5.73 Å². The molecule has 0 spiro atoms. The summed E-state index contributed by atoms with van der Waals surface area (Å²) in [6, 6.07) is 7.81. The van der Waals surface area contributed by atoms with Crippen molar-refractivity contribution >= 4 is 28.4 Å². The van der Waals surface area contributed by atoms with Gasteiger partial charge in [0.2, 0.25) is 5.91 Å². The molecule has 16 heavy (non-hydrogen) atoms. The van der Waals surface area contributed by atoms with E-state index in [-0.39, 0.29) is 5.91 Å². The minimum absolute atomic E-state index is 0.250. The van der Waals surface area contributed by atoms with Crippen molar-refractivity contribution in [3.63, 3.8) is 0 Å².